The minimum Gasteiger partial charge on any atom is -0.463 e. The van der Waals surface area contributed by atoms with Crippen molar-refractivity contribution in [3.05, 3.63) is 89.1 Å². The van der Waals surface area contributed by atoms with Crippen LogP contribution in [0.1, 0.15) is 17.5 Å². The highest BCUT2D eigenvalue weighted by atomic mass is 35.5. The van der Waals surface area contributed by atoms with Crippen LogP contribution in [0.2, 0.25) is 5.02 Å². The van der Waals surface area contributed by atoms with Gasteiger partial charge in [-0.2, -0.15) is 0 Å². The van der Waals surface area contributed by atoms with E-state index in [2.05, 4.69) is 50.9 Å². The summed E-state index contributed by atoms with van der Waals surface area (Å²) in [6.45, 7) is 6.95. The average molecular weight is 535 g/mol. The number of nitrogens with two attached hydrogens (primary N) is 1. The van der Waals surface area contributed by atoms with E-state index in [1.807, 2.05) is 36.4 Å². The molecule has 0 amide bonds. The molecule has 1 aliphatic heterocycles. The number of ether oxygens (including phenoxy) is 1. The van der Waals surface area contributed by atoms with Crippen LogP contribution in [0.4, 0.5) is 4.39 Å². The molecule has 0 radical (unpaired) electrons. The predicted molar refractivity (Wildman–Crippen MR) is 155 cm³/mol. The summed E-state index contributed by atoms with van der Waals surface area (Å²) >= 11 is 6.34. The van der Waals surface area contributed by atoms with Crippen molar-refractivity contribution in [1.82, 2.24) is 14.4 Å². The molecule has 0 unspecified atom stereocenters. The summed E-state index contributed by atoms with van der Waals surface area (Å²) in [5.41, 5.74) is 11.8. The molecule has 38 heavy (non-hydrogen) atoms. The molecule has 5 rings (SSSR count). The number of rotatable bonds is 11. The molecule has 2 heterocycles. The maximum Gasteiger partial charge on any atom is 0.228 e. The van der Waals surface area contributed by atoms with Crippen molar-refractivity contribution in [2.24, 2.45) is 5.73 Å². The summed E-state index contributed by atoms with van der Waals surface area (Å²) in [5, 5.41) is 2.10. The van der Waals surface area contributed by atoms with Gasteiger partial charge in [0.25, 0.3) is 0 Å². The first-order valence-electron chi connectivity index (χ1n) is 13.4. The van der Waals surface area contributed by atoms with Gasteiger partial charge in [0.15, 0.2) is 0 Å². The van der Waals surface area contributed by atoms with E-state index in [1.165, 1.54) is 27.6 Å². The van der Waals surface area contributed by atoms with Crippen LogP contribution in [0, 0.1) is 0 Å². The molecule has 200 valence electrons. The first kappa shape index (κ1) is 26.7. The van der Waals surface area contributed by atoms with Gasteiger partial charge in [0, 0.05) is 73.5 Å². The van der Waals surface area contributed by atoms with Gasteiger partial charge in [-0.1, -0.05) is 48.0 Å². The molecular weight excluding hydrogens is 499 g/mol. The minimum absolute atomic E-state index is 0.537. The third-order valence-electron chi connectivity index (χ3n) is 7.46. The van der Waals surface area contributed by atoms with Crippen LogP contribution in [0.3, 0.4) is 0 Å². The quantitative estimate of drug-likeness (QED) is 0.257. The van der Waals surface area contributed by atoms with Crippen LogP contribution in [0.25, 0.3) is 22.0 Å². The second-order valence-electron chi connectivity index (χ2n) is 9.97. The lowest BCUT2D eigenvalue weighted by Crippen LogP contribution is -2.46. The van der Waals surface area contributed by atoms with Crippen molar-refractivity contribution in [3.63, 3.8) is 0 Å². The Morgan fingerprint density at radius 1 is 0.895 bits per heavy atom. The summed E-state index contributed by atoms with van der Waals surface area (Å²) in [7, 11) is 0. The van der Waals surface area contributed by atoms with Crippen molar-refractivity contribution >= 4 is 22.5 Å². The Balaban J connectivity index is 1.27. The van der Waals surface area contributed by atoms with Gasteiger partial charge in [0.2, 0.25) is 6.86 Å². The Hall–Kier alpha value is -2.90. The van der Waals surface area contributed by atoms with E-state index in [9.17, 15) is 4.39 Å². The molecule has 2 N–H and O–H groups in total. The van der Waals surface area contributed by atoms with Gasteiger partial charge >= 0.3 is 0 Å². The van der Waals surface area contributed by atoms with E-state index >= 15 is 0 Å². The molecule has 0 bridgehead atoms. The standard InChI is InChI=1S/C31H36ClFN4O/c32-30-5-2-1-4-26(30)12-15-35-16-18-36(19-17-35)21-24-6-11-31-28(20-24)29(22-37(31)14-3-13-34)25-7-9-27(10-8-25)38-23-33/h1-2,4-11,20,22H,3,12-19,21,23,34H2. The molecule has 3 aromatic carbocycles. The number of hydrogen-bond acceptors (Lipinski definition) is 4. The Morgan fingerprint density at radius 3 is 2.39 bits per heavy atom. The zero-order chi connectivity index (χ0) is 26.3. The second kappa shape index (κ2) is 12.8. The third kappa shape index (κ3) is 6.38. The highest BCUT2D eigenvalue weighted by Gasteiger charge is 2.18. The maximum absolute atomic E-state index is 12.6. The van der Waals surface area contributed by atoms with E-state index in [1.54, 1.807) is 0 Å². The van der Waals surface area contributed by atoms with Crippen LogP contribution in [-0.4, -0.2) is 60.5 Å². The van der Waals surface area contributed by atoms with Crippen LogP contribution >= 0.6 is 11.6 Å². The van der Waals surface area contributed by atoms with E-state index in [4.69, 9.17) is 22.1 Å². The van der Waals surface area contributed by atoms with Gasteiger partial charge in [-0.25, -0.2) is 4.39 Å². The Labute approximate surface area is 229 Å². The average Bonchev–Trinajstić information content (AvgIpc) is 3.30. The summed E-state index contributed by atoms with van der Waals surface area (Å²) in [5.74, 6) is 0.537. The largest absolute Gasteiger partial charge is 0.463 e. The maximum atomic E-state index is 12.6. The number of aromatic nitrogens is 1. The molecule has 0 spiro atoms. The number of nitrogens with zero attached hydrogens (tertiary/aromatic N) is 3. The number of benzene rings is 3. The molecule has 4 aromatic rings. The van der Waals surface area contributed by atoms with Gasteiger partial charge in [-0.15, -0.1) is 0 Å². The fourth-order valence-electron chi connectivity index (χ4n) is 5.32. The first-order valence-corrected chi connectivity index (χ1v) is 13.8. The molecular formula is C31H36ClFN4O. The van der Waals surface area contributed by atoms with Crippen LogP contribution in [0.5, 0.6) is 5.75 Å². The van der Waals surface area contributed by atoms with Gasteiger partial charge in [-0.3, -0.25) is 4.90 Å². The Morgan fingerprint density at radius 2 is 1.66 bits per heavy atom. The molecule has 1 aliphatic rings. The number of aryl methyl sites for hydroxylation is 1. The lowest BCUT2D eigenvalue weighted by atomic mass is 10.0. The monoisotopic (exact) mass is 534 g/mol. The Bertz CT molecular complexity index is 1330. The minimum atomic E-state index is -0.823. The van der Waals surface area contributed by atoms with E-state index in [-0.39, 0.29) is 0 Å². The lowest BCUT2D eigenvalue weighted by molar-refractivity contribution is 0.128. The lowest BCUT2D eigenvalue weighted by Gasteiger charge is -2.34. The highest BCUT2D eigenvalue weighted by Crippen LogP contribution is 2.33. The number of piperazine rings is 1. The first-order chi connectivity index (χ1) is 18.6. The molecule has 1 aromatic heterocycles. The number of halogens is 2. The zero-order valence-electron chi connectivity index (χ0n) is 21.8. The van der Waals surface area contributed by atoms with E-state index < -0.39 is 6.86 Å². The third-order valence-corrected chi connectivity index (χ3v) is 7.83. The number of fused-ring (bicyclic) bond motifs is 1. The highest BCUT2D eigenvalue weighted by molar-refractivity contribution is 6.31. The molecule has 0 saturated carbocycles. The summed E-state index contributed by atoms with van der Waals surface area (Å²) < 4.78 is 19.9. The number of alkyl halides is 1. The molecule has 0 aliphatic carbocycles. The fourth-order valence-corrected chi connectivity index (χ4v) is 5.55. The number of hydrogen-bond donors (Lipinski definition) is 1. The van der Waals surface area contributed by atoms with Crippen molar-refractivity contribution in [2.45, 2.75) is 25.9 Å². The van der Waals surface area contributed by atoms with Crippen LogP contribution in [-0.2, 0) is 19.5 Å². The normalized spacial score (nSPS) is 14.8. The fraction of sp³-hybridized carbons (Fsp3) is 0.355. The van der Waals surface area contributed by atoms with Gasteiger partial charge < -0.3 is 19.9 Å². The van der Waals surface area contributed by atoms with Crippen LogP contribution in [0.15, 0.2) is 72.9 Å². The smallest absolute Gasteiger partial charge is 0.228 e. The SMILES string of the molecule is NCCCn1cc(-c2ccc(OCF)cc2)c2cc(CN3CCN(CCc4ccccc4Cl)CC3)ccc21. The second-order valence-corrected chi connectivity index (χ2v) is 10.4. The van der Waals surface area contributed by atoms with Crippen molar-refractivity contribution in [3.8, 4) is 16.9 Å². The Kier molecular flexibility index (Phi) is 8.97. The summed E-state index contributed by atoms with van der Waals surface area (Å²) in [4.78, 5) is 5.08. The summed E-state index contributed by atoms with van der Waals surface area (Å²) in [6.07, 6.45) is 4.13. The van der Waals surface area contributed by atoms with Crippen molar-refractivity contribution in [2.75, 3.05) is 46.1 Å². The van der Waals surface area contributed by atoms with E-state index in [0.717, 1.165) is 69.2 Å². The molecule has 1 saturated heterocycles. The van der Waals surface area contributed by atoms with Gasteiger partial charge in [0.1, 0.15) is 5.75 Å². The molecule has 0 atom stereocenters. The molecule has 7 heteroatoms. The molecule has 1 fully saturated rings. The van der Waals surface area contributed by atoms with E-state index in [0.29, 0.717) is 12.3 Å². The van der Waals surface area contributed by atoms with Crippen molar-refractivity contribution in [1.29, 1.82) is 0 Å². The van der Waals surface area contributed by atoms with Gasteiger partial charge in [-0.05, 0) is 66.4 Å². The molecule has 5 nitrogen and oxygen atoms in total. The van der Waals surface area contributed by atoms with Gasteiger partial charge in [0.05, 0.1) is 0 Å². The summed E-state index contributed by atoms with van der Waals surface area (Å²) in [6, 6.07) is 22.6. The van der Waals surface area contributed by atoms with Crippen molar-refractivity contribution < 1.29 is 9.13 Å². The van der Waals surface area contributed by atoms with Crippen LogP contribution < -0.4 is 10.5 Å². The zero-order valence-corrected chi connectivity index (χ0v) is 22.5. The topological polar surface area (TPSA) is 46.7 Å². The predicted octanol–water partition coefficient (Wildman–Crippen LogP) is 5.98.